The van der Waals surface area contributed by atoms with Crippen LogP contribution in [0.4, 0.5) is 4.79 Å². The Balaban J connectivity index is 1.81. The molecule has 19 heavy (non-hydrogen) atoms. The first-order valence-electron chi connectivity index (χ1n) is 7.07. The summed E-state index contributed by atoms with van der Waals surface area (Å²) >= 11 is 0. The van der Waals surface area contributed by atoms with E-state index < -0.39 is 5.60 Å². The first-order chi connectivity index (χ1) is 8.84. The monoisotopic (exact) mass is 270 g/mol. The summed E-state index contributed by atoms with van der Waals surface area (Å²) in [7, 11) is 1.78. The molecule has 1 unspecified atom stereocenters. The van der Waals surface area contributed by atoms with Crippen LogP contribution in [0.2, 0.25) is 0 Å². The van der Waals surface area contributed by atoms with Crippen molar-refractivity contribution in [1.82, 2.24) is 10.2 Å². The highest BCUT2D eigenvalue weighted by atomic mass is 16.6. The molecule has 5 heteroatoms. The fourth-order valence-electron chi connectivity index (χ4n) is 2.79. The van der Waals surface area contributed by atoms with Crippen molar-refractivity contribution in [3.63, 3.8) is 0 Å². The summed E-state index contributed by atoms with van der Waals surface area (Å²) < 4.78 is 11.0. The molecule has 0 aliphatic carbocycles. The van der Waals surface area contributed by atoms with E-state index in [0.29, 0.717) is 5.92 Å². The lowest BCUT2D eigenvalue weighted by atomic mass is 9.85. The molecule has 1 N–H and O–H groups in total. The topological polar surface area (TPSA) is 50.8 Å². The molecular weight excluding hydrogens is 244 g/mol. The van der Waals surface area contributed by atoms with E-state index in [1.807, 2.05) is 25.7 Å². The molecule has 0 aromatic carbocycles. The number of hydrogen-bond donors (Lipinski definition) is 1. The van der Waals surface area contributed by atoms with E-state index in [1.54, 1.807) is 7.11 Å². The second-order valence-electron chi connectivity index (χ2n) is 6.78. The van der Waals surface area contributed by atoms with Crippen LogP contribution in [0.3, 0.4) is 0 Å². The predicted molar refractivity (Wildman–Crippen MR) is 73.1 cm³/mol. The summed E-state index contributed by atoms with van der Waals surface area (Å²) in [5.41, 5.74) is -0.421. The van der Waals surface area contributed by atoms with Gasteiger partial charge in [0.15, 0.2) is 0 Å². The second-order valence-corrected chi connectivity index (χ2v) is 6.78. The number of ether oxygens (including phenoxy) is 2. The van der Waals surface area contributed by atoms with Crippen LogP contribution in [0, 0.1) is 5.92 Å². The number of amides is 1. The lowest BCUT2D eigenvalue weighted by Gasteiger charge is -2.42. The number of likely N-dealkylation sites (tertiary alicyclic amines) is 1. The van der Waals surface area contributed by atoms with E-state index in [2.05, 4.69) is 5.32 Å². The molecule has 2 fully saturated rings. The molecule has 0 saturated carbocycles. The third-order valence-corrected chi connectivity index (χ3v) is 3.93. The van der Waals surface area contributed by atoms with E-state index in [9.17, 15) is 4.79 Å². The van der Waals surface area contributed by atoms with Crippen molar-refractivity contribution in [1.29, 1.82) is 0 Å². The smallest absolute Gasteiger partial charge is 0.410 e. The van der Waals surface area contributed by atoms with E-state index >= 15 is 0 Å². The van der Waals surface area contributed by atoms with Crippen molar-refractivity contribution in [3.8, 4) is 0 Å². The van der Waals surface area contributed by atoms with Crippen molar-refractivity contribution in [2.45, 2.75) is 44.8 Å². The molecule has 1 amide bonds. The fraction of sp³-hybridized carbons (Fsp3) is 0.929. The van der Waals surface area contributed by atoms with Gasteiger partial charge in [-0.2, -0.15) is 0 Å². The summed E-state index contributed by atoms with van der Waals surface area (Å²) in [5, 5.41) is 3.26. The molecule has 0 bridgehead atoms. The van der Waals surface area contributed by atoms with Crippen LogP contribution in [0.25, 0.3) is 0 Å². The summed E-state index contributed by atoms with van der Waals surface area (Å²) in [4.78, 5) is 13.8. The third kappa shape index (κ3) is 3.60. The predicted octanol–water partition coefficient (Wildman–Crippen LogP) is 1.62. The Morgan fingerprint density at radius 1 is 1.42 bits per heavy atom. The van der Waals surface area contributed by atoms with Gasteiger partial charge >= 0.3 is 6.09 Å². The van der Waals surface area contributed by atoms with Crippen LogP contribution in [0.15, 0.2) is 0 Å². The van der Waals surface area contributed by atoms with Gasteiger partial charge in [-0.25, -0.2) is 4.79 Å². The minimum atomic E-state index is -0.416. The van der Waals surface area contributed by atoms with Crippen LogP contribution in [-0.2, 0) is 9.47 Å². The van der Waals surface area contributed by atoms with Gasteiger partial charge < -0.3 is 19.7 Å². The Bertz CT molecular complexity index is 329. The Labute approximate surface area is 115 Å². The van der Waals surface area contributed by atoms with Gasteiger partial charge in [0.05, 0.1) is 5.60 Å². The Hall–Kier alpha value is -0.810. The van der Waals surface area contributed by atoms with E-state index in [1.165, 1.54) is 0 Å². The molecule has 2 saturated heterocycles. The first kappa shape index (κ1) is 14.6. The quantitative estimate of drug-likeness (QED) is 0.846. The van der Waals surface area contributed by atoms with Crippen molar-refractivity contribution >= 4 is 6.09 Å². The zero-order valence-corrected chi connectivity index (χ0v) is 12.5. The maximum absolute atomic E-state index is 12.0. The van der Waals surface area contributed by atoms with E-state index in [-0.39, 0.29) is 11.7 Å². The lowest BCUT2D eigenvalue weighted by Crippen LogP contribution is -2.61. The lowest BCUT2D eigenvalue weighted by molar-refractivity contribution is -0.0669. The molecule has 5 nitrogen and oxygen atoms in total. The Kier molecular flexibility index (Phi) is 4.06. The highest BCUT2D eigenvalue weighted by molar-refractivity contribution is 5.68. The van der Waals surface area contributed by atoms with Crippen LogP contribution < -0.4 is 5.32 Å². The molecule has 2 rings (SSSR count). The number of nitrogens with one attached hydrogen (secondary N) is 1. The molecule has 2 aliphatic rings. The SMILES string of the molecule is COC1(CC2CCN(C(=O)OC(C)(C)C)C2)CNC1. The van der Waals surface area contributed by atoms with Crippen LogP contribution in [0.1, 0.15) is 33.6 Å². The fourth-order valence-corrected chi connectivity index (χ4v) is 2.79. The molecule has 2 heterocycles. The maximum atomic E-state index is 12.0. The van der Waals surface area contributed by atoms with Gasteiger partial charge in [-0.05, 0) is 39.5 Å². The molecule has 110 valence electrons. The number of nitrogens with zero attached hydrogens (tertiary/aromatic N) is 1. The highest BCUT2D eigenvalue weighted by Gasteiger charge is 2.41. The number of carbonyl (C=O) groups excluding carboxylic acids is 1. The van der Waals surface area contributed by atoms with Gasteiger partial charge in [-0.1, -0.05) is 0 Å². The standard InChI is InChI=1S/C14H26N2O3/c1-13(2,3)19-12(17)16-6-5-11(8-16)7-14(18-4)9-15-10-14/h11,15H,5-10H2,1-4H3. The van der Waals surface area contributed by atoms with Gasteiger partial charge in [-0.15, -0.1) is 0 Å². The van der Waals surface area contributed by atoms with E-state index in [4.69, 9.17) is 9.47 Å². The number of rotatable bonds is 3. The first-order valence-corrected chi connectivity index (χ1v) is 7.07. The largest absolute Gasteiger partial charge is 0.444 e. The minimum Gasteiger partial charge on any atom is -0.444 e. The summed E-state index contributed by atoms with van der Waals surface area (Å²) in [6, 6.07) is 0. The van der Waals surface area contributed by atoms with Gasteiger partial charge in [0.2, 0.25) is 0 Å². The van der Waals surface area contributed by atoms with Crippen molar-refractivity contribution in [2.24, 2.45) is 5.92 Å². The van der Waals surface area contributed by atoms with Gasteiger partial charge in [-0.3, -0.25) is 0 Å². The summed E-state index contributed by atoms with van der Waals surface area (Å²) in [6.45, 7) is 9.14. The van der Waals surface area contributed by atoms with E-state index in [0.717, 1.165) is 39.0 Å². The normalized spacial score (nSPS) is 26.1. The molecule has 0 spiro atoms. The maximum Gasteiger partial charge on any atom is 0.410 e. The van der Waals surface area contributed by atoms with Gasteiger partial charge in [0.1, 0.15) is 5.60 Å². The summed E-state index contributed by atoms with van der Waals surface area (Å²) in [6.07, 6.45) is 1.88. The van der Waals surface area contributed by atoms with Crippen molar-refractivity contribution in [3.05, 3.63) is 0 Å². The molecule has 0 radical (unpaired) electrons. The average molecular weight is 270 g/mol. The van der Waals surface area contributed by atoms with Gasteiger partial charge in [0.25, 0.3) is 0 Å². The van der Waals surface area contributed by atoms with Crippen molar-refractivity contribution in [2.75, 3.05) is 33.3 Å². The van der Waals surface area contributed by atoms with Crippen molar-refractivity contribution < 1.29 is 14.3 Å². The number of carbonyl (C=O) groups is 1. The molecule has 0 aromatic rings. The van der Waals surface area contributed by atoms with Crippen LogP contribution >= 0.6 is 0 Å². The third-order valence-electron chi connectivity index (χ3n) is 3.93. The Morgan fingerprint density at radius 3 is 2.58 bits per heavy atom. The zero-order chi connectivity index (χ0) is 14.1. The minimum absolute atomic E-state index is 0.00535. The molecule has 0 aromatic heterocycles. The average Bonchev–Trinajstić information content (AvgIpc) is 2.69. The summed E-state index contributed by atoms with van der Waals surface area (Å²) in [5.74, 6) is 0.523. The number of hydrogen-bond acceptors (Lipinski definition) is 4. The van der Waals surface area contributed by atoms with Crippen LogP contribution in [-0.4, -0.2) is 55.5 Å². The molecule has 2 aliphatic heterocycles. The zero-order valence-electron chi connectivity index (χ0n) is 12.5. The number of methoxy groups -OCH3 is 1. The second kappa shape index (κ2) is 5.29. The van der Waals surface area contributed by atoms with Crippen LogP contribution in [0.5, 0.6) is 0 Å². The molecule has 1 atom stereocenters. The van der Waals surface area contributed by atoms with Gasteiger partial charge in [0, 0.05) is 33.3 Å². The molecular formula is C14H26N2O3. The highest BCUT2D eigenvalue weighted by Crippen LogP contribution is 2.31. The Morgan fingerprint density at radius 2 is 2.11 bits per heavy atom.